The molecule has 3 fully saturated rings. The van der Waals surface area contributed by atoms with E-state index in [2.05, 4.69) is 71.0 Å². The van der Waals surface area contributed by atoms with Gasteiger partial charge in [-0.15, -0.1) is 0 Å². The third-order valence-electron chi connectivity index (χ3n) is 9.36. The van der Waals surface area contributed by atoms with E-state index in [-0.39, 0.29) is 0 Å². The van der Waals surface area contributed by atoms with Gasteiger partial charge < -0.3 is 19.4 Å². The van der Waals surface area contributed by atoms with Crippen LogP contribution in [0.25, 0.3) is 10.9 Å². The Morgan fingerprint density at radius 1 is 0.800 bits per heavy atom. The minimum atomic E-state index is 0.528. The molecule has 0 unspecified atom stereocenters. The molecule has 1 saturated carbocycles. The summed E-state index contributed by atoms with van der Waals surface area (Å²) in [6.45, 7) is 11.4. The van der Waals surface area contributed by atoms with Crippen LogP contribution < -0.4 is 14.5 Å². The van der Waals surface area contributed by atoms with E-state index in [9.17, 15) is 0 Å². The summed E-state index contributed by atoms with van der Waals surface area (Å²) in [5.74, 6) is 4.29. The number of para-hydroxylation sites is 1. The summed E-state index contributed by atoms with van der Waals surface area (Å²) in [6, 6.07) is 16.2. The molecule has 2 aliphatic heterocycles. The van der Waals surface area contributed by atoms with Gasteiger partial charge in [0.1, 0.15) is 17.4 Å². The Labute approximate surface area is 240 Å². The van der Waals surface area contributed by atoms with E-state index in [1.54, 1.807) is 7.11 Å². The van der Waals surface area contributed by atoms with Crippen LogP contribution in [0.3, 0.4) is 0 Å². The third kappa shape index (κ3) is 5.79. The molecular formula is C34H47N5O. The van der Waals surface area contributed by atoms with Crippen LogP contribution in [0, 0.1) is 0 Å². The third-order valence-corrected chi connectivity index (χ3v) is 9.36. The molecule has 40 heavy (non-hydrogen) atoms. The van der Waals surface area contributed by atoms with Crippen LogP contribution in [0.1, 0.15) is 88.4 Å². The summed E-state index contributed by atoms with van der Waals surface area (Å²) in [5, 5.41) is 1.22. The second-order valence-electron chi connectivity index (χ2n) is 12.1. The maximum atomic E-state index is 5.69. The normalized spacial score (nSPS) is 19.1. The SMILES string of the molecule is CCCN(CCC)C1CCN(c2ccc3nc(C4CC4)nc(N4CCC(c5ccccc5OC)CC4)c3c2)CC1. The maximum absolute atomic E-state index is 5.69. The number of hydrogen-bond acceptors (Lipinski definition) is 6. The Hall–Kier alpha value is -2.86. The van der Waals surface area contributed by atoms with Crippen LogP contribution >= 0.6 is 0 Å². The van der Waals surface area contributed by atoms with Crippen molar-refractivity contribution >= 4 is 22.4 Å². The number of nitrogens with zero attached hydrogens (tertiary/aromatic N) is 5. The summed E-state index contributed by atoms with van der Waals surface area (Å²) in [5.41, 5.74) is 3.78. The average Bonchev–Trinajstić information content (AvgIpc) is 3.86. The zero-order chi connectivity index (χ0) is 27.5. The standard InChI is InChI=1S/C34H47N5O/c1-4-18-37(19-5-2)27-16-22-38(23-17-27)28-12-13-31-30(24-28)34(36-33(35-31)26-10-11-26)39-20-14-25(15-21-39)29-8-6-7-9-32(29)40-3/h6-9,12-13,24-27H,4-5,10-11,14-23H2,1-3H3. The van der Waals surface area contributed by atoms with Crippen LogP contribution in [0.5, 0.6) is 5.75 Å². The van der Waals surface area contributed by atoms with Gasteiger partial charge in [-0.25, -0.2) is 9.97 Å². The zero-order valence-electron chi connectivity index (χ0n) is 24.8. The molecule has 3 heterocycles. The first-order chi connectivity index (χ1) is 19.7. The van der Waals surface area contributed by atoms with Gasteiger partial charge in [0.05, 0.1) is 12.6 Å². The smallest absolute Gasteiger partial charge is 0.140 e. The molecule has 3 aromatic rings. The fourth-order valence-electron chi connectivity index (χ4n) is 7.03. The van der Waals surface area contributed by atoms with Crippen molar-refractivity contribution in [3.63, 3.8) is 0 Å². The van der Waals surface area contributed by atoms with Crippen molar-refractivity contribution < 1.29 is 4.74 Å². The Kier molecular flexibility index (Phi) is 8.43. The van der Waals surface area contributed by atoms with Crippen molar-refractivity contribution in [1.82, 2.24) is 14.9 Å². The van der Waals surface area contributed by atoms with Crippen LogP contribution in [-0.2, 0) is 0 Å². The number of methoxy groups -OCH3 is 1. The average molecular weight is 542 g/mol. The van der Waals surface area contributed by atoms with E-state index < -0.39 is 0 Å². The fraction of sp³-hybridized carbons (Fsp3) is 0.588. The summed E-state index contributed by atoms with van der Waals surface area (Å²) in [4.78, 5) is 18.2. The number of rotatable bonds is 10. The van der Waals surface area contributed by atoms with Crippen LogP contribution in [-0.4, -0.2) is 67.3 Å². The molecule has 0 amide bonds. The number of benzene rings is 2. The van der Waals surface area contributed by atoms with Gasteiger partial charge in [-0.1, -0.05) is 32.0 Å². The van der Waals surface area contributed by atoms with E-state index in [1.807, 2.05) is 0 Å². The van der Waals surface area contributed by atoms with E-state index in [0.717, 1.165) is 68.0 Å². The maximum Gasteiger partial charge on any atom is 0.140 e. The van der Waals surface area contributed by atoms with E-state index in [1.165, 1.54) is 68.3 Å². The summed E-state index contributed by atoms with van der Waals surface area (Å²) in [7, 11) is 1.78. The molecule has 0 spiro atoms. The first-order valence-electron chi connectivity index (χ1n) is 15.9. The van der Waals surface area contributed by atoms with Crippen LogP contribution in [0.4, 0.5) is 11.5 Å². The molecule has 6 nitrogen and oxygen atoms in total. The van der Waals surface area contributed by atoms with E-state index >= 15 is 0 Å². The lowest BCUT2D eigenvalue weighted by Gasteiger charge is -2.39. The Morgan fingerprint density at radius 3 is 2.17 bits per heavy atom. The summed E-state index contributed by atoms with van der Waals surface area (Å²) < 4.78 is 5.69. The minimum absolute atomic E-state index is 0.528. The molecule has 6 heteroatoms. The lowest BCUT2D eigenvalue weighted by Crippen LogP contribution is -2.45. The Balaban J connectivity index is 1.22. The monoisotopic (exact) mass is 541 g/mol. The second-order valence-corrected chi connectivity index (χ2v) is 12.1. The largest absolute Gasteiger partial charge is 0.496 e. The van der Waals surface area contributed by atoms with Gasteiger partial charge in [0.15, 0.2) is 0 Å². The molecule has 3 aliphatic rings. The topological polar surface area (TPSA) is 44.7 Å². The molecule has 214 valence electrons. The first kappa shape index (κ1) is 27.3. The Morgan fingerprint density at radius 2 is 1.50 bits per heavy atom. The molecule has 0 atom stereocenters. The van der Waals surface area contributed by atoms with Crippen molar-refractivity contribution in [2.24, 2.45) is 0 Å². The number of aromatic nitrogens is 2. The van der Waals surface area contributed by atoms with Crippen molar-refractivity contribution in [3.8, 4) is 5.75 Å². The van der Waals surface area contributed by atoms with E-state index in [4.69, 9.17) is 14.7 Å². The van der Waals surface area contributed by atoms with Crippen molar-refractivity contribution in [2.45, 2.75) is 83.1 Å². The Bertz CT molecular complexity index is 1270. The molecule has 0 N–H and O–H groups in total. The zero-order valence-corrected chi connectivity index (χ0v) is 24.8. The predicted molar refractivity (Wildman–Crippen MR) is 166 cm³/mol. The molecule has 2 saturated heterocycles. The van der Waals surface area contributed by atoms with Crippen molar-refractivity contribution in [3.05, 3.63) is 53.9 Å². The highest BCUT2D eigenvalue weighted by Gasteiger charge is 2.31. The number of ether oxygens (including phenoxy) is 1. The second kappa shape index (κ2) is 12.3. The molecule has 1 aliphatic carbocycles. The van der Waals surface area contributed by atoms with Crippen LogP contribution in [0.15, 0.2) is 42.5 Å². The summed E-state index contributed by atoms with van der Waals surface area (Å²) in [6.07, 6.45) is 9.66. The molecule has 2 aromatic carbocycles. The molecular weight excluding hydrogens is 494 g/mol. The lowest BCUT2D eigenvalue weighted by atomic mass is 9.88. The van der Waals surface area contributed by atoms with Gasteiger partial charge in [-0.05, 0) is 100 Å². The fourth-order valence-corrected chi connectivity index (χ4v) is 7.03. The van der Waals surface area contributed by atoms with Gasteiger partial charge in [-0.3, -0.25) is 0 Å². The van der Waals surface area contributed by atoms with Crippen LogP contribution in [0.2, 0.25) is 0 Å². The van der Waals surface area contributed by atoms with Crippen molar-refractivity contribution in [2.75, 3.05) is 56.2 Å². The van der Waals surface area contributed by atoms with Gasteiger partial charge in [0, 0.05) is 49.2 Å². The molecule has 1 aromatic heterocycles. The number of hydrogen-bond donors (Lipinski definition) is 0. The quantitative estimate of drug-likeness (QED) is 0.276. The number of piperidine rings is 2. The highest BCUT2D eigenvalue weighted by molar-refractivity contribution is 5.92. The molecule has 0 radical (unpaired) electrons. The summed E-state index contributed by atoms with van der Waals surface area (Å²) >= 11 is 0. The highest BCUT2D eigenvalue weighted by Crippen LogP contribution is 2.42. The van der Waals surface area contributed by atoms with Gasteiger partial charge in [0.25, 0.3) is 0 Å². The number of anilines is 2. The lowest BCUT2D eigenvalue weighted by molar-refractivity contribution is 0.169. The molecule has 0 bridgehead atoms. The molecule has 6 rings (SSSR count). The minimum Gasteiger partial charge on any atom is -0.496 e. The van der Waals surface area contributed by atoms with Crippen molar-refractivity contribution in [1.29, 1.82) is 0 Å². The number of fused-ring (bicyclic) bond motifs is 1. The van der Waals surface area contributed by atoms with Gasteiger partial charge in [0.2, 0.25) is 0 Å². The predicted octanol–water partition coefficient (Wildman–Crippen LogP) is 6.99. The van der Waals surface area contributed by atoms with Gasteiger partial charge >= 0.3 is 0 Å². The first-order valence-corrected chi connectivity index (χ1v) is 15.9. The highest BCUT2D eigenvalue weighted by atomic mass is 16.5. The van der Waals surface area contributed by atoms with Gasteiger partial charge in [-0.2, -0.15) is 0 Å². The van der Waals surface area contributed by atoms with E-state index in [0.29, 0.717) is 11.8 Å².